The summed E-state index contributed by atoms with van der Waals surface area (Å²) in [5.74, 6) is 0. The van der Waals surface area contributed by atoms with Crippen molar-refractivity contribution in [3.8, 4) is 0 Å². The maximum atomic E-state index is 13.6. The number of rotatable bonds is 4. The first-order valence-electron chi connectivity index (χ1n) is 7.20. The number of halogens is 4. The normalized spacial score (nSPS) is 14.1. The summed E-state index contributed by atoms with van der Waals surface area (Å²) in [6.07, 6.45) is -2.55. The summed E-state index contributed by atoms with van der Waals surface area (Å²) in [6.45, 7) is 0. The molecule has 1 atom stereocenters. The van der Waals surface area contributed by atoms with Gasteiger partial charge in [0.1, 0.15) is 10.9 Å². The molecule has 3 rings (SSSR count). The van der Waals surface area contributed by atoms with Crippen LogP contribution in [0.1, 0.15) is 11.6 Å². The van der Waals surface area contributed by atoms with Crippen LogP contribution in [-0.4, -0.2) is 40.9 Å². The number of nitrogens with one attached hydrogen (secondary N) is 1. The molecule has 0 aliphatic heterocycles. The smallest absolute Gasteiger partial charge is 0.343 e. The summed E-state index contributed by atoms with van der Waals surface area (Å²) < 4.78 is 66.7. The SMILES string of the molecule is CN(C(c1ccc(Cl)cc1)C(F)(F)F)S(=O)(=O)c1cnc2nc[nH]c2c1. The van der Waals surface area contributed by atoms with Crippen LogP contribution < -0.4 is 0 Å². The molecule has 11 heteroatoms. The number of H-pyrrole nitrogens is 1. The third kappa shape index (κ3) is 3.39. The molecule has 0 fully saturated rings. The Balaban J connectivity index is 2.07. The lowest BCUT2D eigenvalue weighted by Gasteiger charge is -2.29. The monoisotopic (exact) mass is 404 g/mol. The van der Waals surface area contributed by atoms with E-state index in [9.17, 15) is 21.6 Å². The molecule has 2 aromatic heterocycles. The number of imidazole rings is 1. The van der Waals surface area contributed by atoms with Gasteiger partial charge in [-0.1, -0.05) is 23.7 Å². The van der Waals surface area contributed by atoms with Crippen molar-refractivity contribution in [1.29, 1.82) is 0 Å². The maximum absolute atomic E-state index is 13.6. The van der Waals surface area contributed by atoms with E-state index in [2.05, 4.69) is 15.0 Å². The summed E-state index contributed by atoms with van der Waals surface area (Å²) in [7, 11) is -3.60. The highest BCUT2D eigenvalue weighted by molar-refractivity contribution is 7.89. The second-order valence-corrected chi connectivity index (χ2v) is 7.90. The van der Waals surface area contributed by atoms with E-state index in [0.717, 1.165) is 25.4 Å². The minimum absolute atomic E-state index is 0.245. The van der Waals surface area contributed by atoms with Gasteiger partial charge in [-0.25, -0.2) is 18.4 Å². The molecule has 0 amide bonds. The second-order valence-electron chi connectivity index (χ2n) is 5.46. The van der Waals surface area contributed by atoms with E-state index < -0.39 is 22.2 Å². The zero-order valence-corrected chi connectivity index (χ0v) is 14.8. The number of alkyl halides is 3. The van der Waals surface area contributed by atoms with Gasteiger partial charge in [-0.2, -0.15) is 17.5 Å². The fourth-order valence-electron chi connectivity index (χ4n) is 2.51. The molecule has 0 bridgehead atoms. The molecule has 0 radical (unpaired) electrons. The van der Waals surface area contributed by atoms with E-state index in [1.807, 2.05) is 0 Å². The van der Waals surface area contributed by atoms with Gasteiger partial charge < -0.3 is 4.98 Å². The van der Waals surface area contributed by atoms with Crippen molar-refractivity contribution in [3.05, 3.63) is 53.4 Å². The Labute approximate surface area is 151 Å². The van der Waals surface area contributed by atoms with Gasteiger partial charge in [0, 0.05) is 18.3 Å². The van der Waals surface area contributed by atoms with Crippen LogP contribution >= 0.6 is 11.6 Å². The lowest BCUT2D eigenvalue weighted by atomic mass is 10.1. The molecule has 6 nitrogen and oxygen atoms in total. The van der Waals surface area contributed by atoms with Crippen molar-refractivity contribution in [3.63, 3.8) is 0 Å². The number of fused-ring (bicyclic) bond motifs is 1. The van der Waals surface area contributed by atoms with E-state index in [4.69, 9.17) is 11.6 Å². The number of aromatic nitrogens is 3. The first kappa shape index (κ1) is 18.6. The predicted molar refractivity (Wildman–Crippen MR) is 89.1 cm³/mol. The minimum atomic E-state index is -4.83. The summed E-state index contributed by atoms with van der Waals surface area (Å²) in [5.41, 5.74) is 0.315. The molecule has 0 aliphatic rings. The van der Waals surface area contributed by atoms with Crippen molar-refractivity contribution in [2.24, 2.45) is 0 Å². The average molecular weight is 405 g/mol. The van der Waals surface area contributed by atoms with Crippen LogP contribution in [0.25, 0.3) is 11.2 Å². The van der Waals surface area contributed by atoms with E-state index in [1.165, 1.54) is 24.5 Å². The quantitative estimate of drug-likeness (QED) is 0.721. The highest BCUT2D eigenvalue weighted by atomic mass is 35.5. The summed E-state index contributed by atoms with van der Waals surface area (Å²) in [4.78, 5) is 10.00. The van der Waals surface area contributed by atoms with E-state index in [0.29, 0.717) is 5.52 Å². The zero-order valence-electron chi connectivity index (χ0n) is 13.2. The summed E-state index contributed by atoms with van der Waals surface area (Å²) in [5, 5.41) is 0.245. The van der Waals surface area contributed by atoms with Gasteiger partial charge in [0.25, 0.3) is 0 Å². The van der Waals surface area contributed by atoms with Gasteiger partial charge in [-0.05, 0) is 23.8 Å². The molecular weight excluding hydrogens is 393 g/mol. The van der Waals surface area contributed by atoms with Crippen LogP contribution in [0.3, 0.4) is 0 Å². The van der Waals surface area contributed by atoms with Gasteiger partial charge in [-0.15, -0.1) is 0 Å². The number of nitrogens with zero attached hydrogens (tertiary/aromatic N) is 3. The predicted octanol–water partition coefficient (Wildman–Crippen LogP) is 3.54. The van der Waals surface area contributed by atoms with E-state index in [1.54, 1.807) is 0 Å². The lowest BCUT2D eigenvalue weighted by Crippen LogP contribution is -2.39. The third-order valence-electron chi connectivity index (χ3n) is 3.78. The van der Waals surface area contributed by atoms with Crippen molar-refractivity contribution >= 4 is 32.8 Å². The van der Waals surface area contributed by atoms with Crippen LogP contribution in [0.15, 0.2) is 47.8 Å². The lowest BCUT2D eigenvalue weighted by molar-refractivity contribution is -0.171. The van der Waals surface area contributed by atoms with Crippen LogP contribution in [0.2, 0.25) is 5.02 Å². The third-order valence-corrected chi connectivity index (χ3v) is 5.82. The topological polar surface area (TPSA) is 79.0 Å². The molecular formula is C15H12ClF3N4O2S. The molecule has 0 aliphatic carbocycles. The summed E-state index contributed by atoms with van der Waals surface area (Å²) >= 11 is 5.71. The molecule has 2 heterocycles. The first-order chi connectivity index (χ1) is 12.1. The van der Waals surface area contributed by atoms with Gasteiger partial charge >= 0.3 is 6.18 Å². The molecule has 1 N–H and O–H groups in total. The van der Waals surface area contributed by atoms with Gasteiger partial charge in [-0.3, -0.25) is 0 Å². The summed E-state index contributed by atoms with van der Waals surface area (Å²) in [6, 6.07) is 3.65. The molecule has 1 unspecified atom stereocenters. The van der Waals surface area contributed by atoms with Crippen molar-refractivity contribution < 1.29 is 21.6 Å². The average Bonchev–Trinajstić information content (AvgIpc) is 3.03. The van der Waals surface area contributed by atoms with Gasteiger partial charge in [0.2, 0.25) is 10.0 Å². The standard InChI is InChI=1S/C15H12ClF3N4O2S/c1-23(13(15(17,18)19)9-2-4-10(16)5-3-9)26(24,25)11-6-12-14(20-7-11)22-8-21-12/h2-8,13H,1H3,(H,20,21,22). The molecule has 0 spiro atoms. The van der Waals surface area contributed by atoms with Crippen molar-refractivity contribution in [2.45, 2.75) is 17.1 Å². The number of hydrogen-bond donors (Lipinski definition) is 1. The fraction of sp³-hybridized carbons (Fsp3) is 0.200. The number of aromatic amines is 1. The molecule has 0 saturated heterocycles. The van der Waals surface area contributed by atoms with Crippen molar-refractivity contribution in [2.75, 3.05) is 7.05 Å². The first-order valence-corrected chi connectivity index (χ1v) is 9.02. The highest BCUT2D eigenvalue weighted by Gasteiger charge is 2.47. The van der Waals surface area contributed by atoms with Gasteiger partial charge in [0.15, 0.2) is 5.65 Å². The number of pyridine rings is 1. The van der Waals surface area contributed by atoms with E-state index >= 15 is 0 Å². The Morgan fingerprint density at radius 3 is 2.46 bits per heavy atom. The maximum Gasteiger partial charge on any atom is 0.409 e. The van der Waals surface area contributed by atoms with Crippen LogP contribution in [0, 0.1) is 0 Å². The molecule has 138 valence electrons. The molecule has 1 aromatic carbocycles. The Kier molecular flexibility index (Phi) is 4.67. The Hall–Kier alpha value is -2.17. The second kappa shape index (κ2) is 6.53. The Morgan fingerprint density at radius 2 is 1.85 bits per heavy atom. The van der Waals surface area contributed by atoms with Crippen LogP contribution in [0.5, 0.6) is 0 Å². The fourth-order valence-corrected chi connectivity index (χ4v) is 3.94. The Morgan fingerprint density at radius 1 is 1.19 bits per heavy atom. The highest BCUT2D eigenvalue weighted by Crippen LogP contribution is 2.39. The number of sulfonamides is 1. The minimum Gasteiger partial charge on any atom is -0.343 e. The molecule has 3 aromatic rings. The van der Waals surface area contributed by atoms with Gasteiger partial charge in [0.05, 0.1) is 11.8 Å². The van der Waals surface area contributed by atoms with Crippen LogP contribution in [-0.2, 0) is 10.0 Å². The Bertz CT molecular complexity index is 1030. The largest absolute Gasteiger partial charge is 0.409 e. The van der Waals surface area contributed by atoms with Crippen LogP contribution in [0.4, 0.5) is 13.2 Å². The van der Waals surface area contributed by atoms with E-state index in [-0.39, 0.29) is 25.4 Å². The zero-order chi connectivity index (χ0) is 19.1. The van der Waals surface area contributed by atoms with Crippen molar-refractivity contribution in [1.82, 2.24) is 19.3 Å². The number of hydrogen-bond acceptors (Lipinski definition) is 4. The molecule has 26 heavy (non-hydrogen) atoms. The number of benzene rings is 1. The molecule has 0 saturated carbocycles.